The molecular formula is C20H21NO3. The zero-order valence-electron chi connectivity index (χ0n) is 13.6. The Hall–Kier alpha value is -2.88. The lowest BCUT2D eigenvalue weighted by atomic mass is 10.0. The van der Waals surface area contributed by atoms with Gasteiger partial charge in [-0.25, -0.2) is 0 Å². The Bertz CT molecular complexity index is 681. The molecule has 0 aliphatic heterocycles. The number of ether oxygens (including phenoxy) is 1. The Morgan fingerprint density at radius 1 is 1.04 bits per heavy atom. The molecule has 4 heteroatoms. The van der Waals surface area contributed by atoms with Crippen molar-refractivity contribution in [3.05, 3.63) is 83.9 Å². The average Bonchev–Trinajstić information content (AvgIpc) is 2.60. The minimum atomic E-state index is -0.326. The normalized spacial score (nSPS) is 11.9. The number of benzene rings is 2. The highest BCUT2D eigenvalue weighted by Crippen LogP contribution is 2.06. The number of hydrogen-bond donors (Lipinski definition) is 1. The van der Waals surface area contributed by atoms with Gasteiger partial charge in [-0.15, -0.1) is 0 Å². The van der Waals surface area contributed by atoms with Gasteiger partial charge in [0.2, 0.25) is 0 Å². The summed E-state index contributed by atoms with van der Waals surface area (Å²) in [6, 6.07) is 18.8. The van der Waals surface area contributed by atoms with E-state index in [1.54, 1.807) is 18.2 Å². The number of esters is 1. The molecule has 0 fully saturated rings. The summed E-state index contributed by atoms with van der Waals surface area (Å²) < 4.78 is 4.89. The Kier molecular flexibility index (Phi) is 6.77. The van der Waals surface area contributed by atoms with Crippen LogP contribution in [0.4, 0.5) is 0 Å². The van der Waals surface area contributed by atoms with Gasteiger partial charge in [0.1, 0.15) is 6.61 Å². The van der Waals surface area contributed by atoms with E-state index in [1.807, 2.05) is 54.6 Å². The third kappa shape index (κ3) is 6.08. The molecule has 0 aromatic heterocycles. The molecule has 0 saturated carbocycles. The minimum absolute atomic E-state index is 0.131. The van der Waals surface area contributed by atoms with Crippen LogP contribution in [0.5, 0.6) is 0 Å². The lowest BCUT2D eigenvalue weighted by Gasteiger charge is -2.15. The molecule has 2 aromatic carbocycles. The molecule has 4 nitrogen and oxygen atoms in total. The van der Waals surface area contributed by atoms with Crippen molar-refractivity contribution in [2.24, 2.45) is 0 Å². The first-order valence-corrected chi connectivity index (χ1v) is 7.85. The fraction of sp³-hybridized carbons (Fsp3) is 0.200. The van der Waals surface area contributed by atoms with E-state index in [4.69, 9.17) is 4.74 Å². The topological polar surface area (TPSA) is 55.4 Å². The third-order valence-electron chi connectivity index (χ3n) is 3.40. The summed E-state index contributed by atoms with van der Waals surface area (Å²) in [4.78, 5) is 23.2. The second-order valence-electron chi connectivity index (χ2n) is 5.37. The molecule has 2 aromatic rings. The van der Waals surface area contributed by atoms with E-state index in [9.17, 15) is 9.59 Å². The van der Waals surface area contributed by atoms with Gasteiger partial charge in [-0.3, -0.25) is 9.59 Å². The molecule has 0 unspecified atom stereocenters. The van der Waals surface area contributed by atoms with E-state index >= 15 is 0 Å². The summed E-state index contributed by atoms with van der Waals surface area (Å²) in [5.41, 5.74) is 1.73. The van der Waals surface area contributed by atoms with Gasteiger partial charge in [0.25, 0.3) is 5.91 Å². The first-order chi connectivity index (χ1) is 11.6. The summed E-state index contributed by atoms with van der Waals surface area (Å²) in [5.74, 6) is -0.457. The van der Waals surface area contributed by atoms with Gasteiger partial charge in [0.05, 0.1) is 6.04 Å². The molecule has 0 heterocycles. The van der Waals surface area contributed by atoms with Gasteiger partial charge in [-0.2, -0.15) is 0 Å². The Balaban J connectivity index is 2.04. The van der Waals surface area contributed by atoms with Gasteiger partial charge in [-0.05, 0) is 30.2 Å². The van der Waals surface area contributed by atoms with Gasteiger partial charge >= 0.3 is 5.97 Å². The van der Waals surface area contributed by atoms with Crippen LogP contribution in [0, 0.1) is 0 Å². The third-order valence-corrected chi connectivity index (χ3v) is 3.40. The molecule has 2 rings (SSSR count). The lowest BCUT2D eigenvalue weighted by molar-refractivity contribution is -0.139. The number of amides is 1. The Morgan fingerprint density at radius 2 is 1.67 bits per heavy atom. The van der Waals surface area contributed by atoms with E-state index in [0.29, 0.717) is 12.0 Å². The molecule has 0 spiro atoms. The smallest absolute Gasteiger partial charge is 0.302 e. The van der Waals surface area contributed by atoms with Crippen LogP contribution in [0.3, 0.4) is 0 Å². The highest BCUT2D eigenvalue weighted by Gasteiger charge is 2.11. The van der Waals surface area contributed by atoms with Crippen LogP contribution in [0.25, 0.3) is 0 Å². The van der Waals surface area contributed by atoms with Crippen LogP contribution in [-0.2, 0) is 16.0 Å². The predicted octanol–water partition coefficient (Wildman–Crippen LogP) is 3.15. The van der Waals surface area contributed by atoms with Crippen molar-refractivity contribution in [3.63, 3.8) is 0 Å². The fourth-order valence-corrected chi connectivity index (χ4v) is 2.26. The highest BCUT2D eigenvalue weighted by atomic mass is 16.5. The second kappa shape index (κ2) is 9.30. The second-order valence-corrected chi connectivity index (χ2v) is 5.37. The zero-order valence-corrected chi connectivity index (χ0v) is 13.6. The van der Waals surface area contributed by atoms with E-state index in [2.05, 4.69) is 5.32 Å². The first kappa shape index (κ1) is 17.5. The summed E-state index contributed by atoms with van der Waals surface area (Å²) in [6.45, 7) is 1.56. The van der Waals surface area contributed by atoms with Crippen LogP contribution >= 0.6 is 0 Å². The highest BCUT2D eigenvalue weighted by molar-refractivity contribution is 5.94. The van der Waals surface area contributed by atoms with Crippen molar-refractivity contribution in [3.8, 4) is 0 Å². The maximum atomic E-state index is 12.4. The molecule has 0 aliphatic carbocycles. The maximum absolute atomic E-state index is 12.4. The summed E-state index contributed by atoms with van der Waals surface area (Å²) in [7, 11) is 0. The van der Waals surface area contributed by atoms with Crippen LogP contribution in [0.1, 0.15) is 22.8 Å². The molecular weight excluding hydrogens is 302 g/mol. The van der Waals surface area contributed by atoms with Crippen LogP contribution < -0.4 is 5.32 Å². The summed E-state index contributed by atoms with van der Waals surface area (Å²) >= 11 is 0. The quantitative estimate of drug-likeness (QED) is 0.629. The Morgan fingerprint density at radius 3 is 2.29 bits per heavy atom. The van der Waals surface area contributed by atoms with E-state index < -0.39 is 0 Å². The van der Waals surface area contributed by atoms with Gasteiger partial charge in [-0.1, -0.05) is 54.6 Å². The molecule has 1 N–H and O–H groups in total. The largest absolute Gasteiger partial charge is 0.462 e. The predicted molar refractivity (Wildman–Crippen MR) is 93.6 cm³/mol. The number of carbonyl (C=O) groups excluding carboxylic acids is 2. The van der Waals surface area contributed by atoms with Crippen molar-refractivity contribution < 1.29 is 14.3 Å². The zero-order chi connectivity index (χ0) is 17.2. The summed E-state index contributed by atoms with van der Waals surface area (Å²) in [6.07, 6.45) is 4.27. The van der Waals surface area contributed by atoms with Crippen LogP contribution in [0.2, 0.25) is 0 Å². The average molecular weight is 323 g/mol. The van der Waals surface area contributed by atoms with Gasteiger partial charge < -0.3 is 10.1 Å². The number of hydrogen-bond acceptors (Lipinski definition) is 3. The molecule has 1 atom stereocenters. The van der Waals surface area contributed by atoms with Crippen molar-refractivity contribution >= 4 is 11.9 Å². The van der Waals surface area contributed by atoms with Crippen LogP contribution in [-0.4, -0.2) is 24.5 Å². The van der Waals surface area contributed by atoms with Crippen molar-refractivity contribution in [2.75, 3.05) is 6.61 Å². The SMILES string of the molecule is CC(=O)OC/C=C/[C@H](Cc1ccccc1)NC(=O)c1ccccc1. The molecule has 1 amide bonds. The molecule has 124 valence electrons. The lowest BCUT2D eigenvalue weighted by Crippen LogP contribution is -2.35. The van der Waals surface area contributed by atoms with E-state index in [-0.39, 0.29) is 24.5 Å². The van der Waals surface area contributed by atoms with Crippen molar-refractivity contribution in [1.82, 2.24) is 5.32 Å². The fourth-order valence-electron chi connectivity index (χ4n) is 2.26. The monoisotopic (exact) mass is 323 g/mol. The molecule has 0 bridgehead atoms. The maximum Gasteiger partial charge on any atom is 0.302 e. The summed E-state index contributed by atoms with van der Waals surface area (Å²) in [5, 5.41) is 3.00. The Labute approximate surface area is 142 Å². The number of carbonyl (C=O) groups is 2. The number of nitrogens with one attached hydrogen (secondary N) is 1. The molecule has 0 radical (unpaired) electrons. The molecule has 24 heavy (non-hydrogen) atoms. The van der Waals surface area contributed by atoms with E-state index in [0.717, 1.165) is 5.56 Å². The molecule has 0 aliphatic rings. The molecule has 0 saturated heterocycles. The van der Waals surface area contributed by atoms with Crippen LogP contribution in [0.15, 0.2) is 72.8 Å². The standard InChI is InChI=1S/C20H21NO3/c1-16(22)24-14-8-13-19(15-17-9-4-2-5-10-17)21-20(23)18-11-6-3-7-12-18/h2-13,19H,14-15H2,1H3,(H,21,23)/b13-8+/t19-/m1/s1. The van der Waals surface area contributed by atoms with Gasteiger partial charge in [0.15, 0.2) is 0 Å². The van der Waals surface area contributed by atoms with Crippen molar-refractivity contribution in [1.29, 1.82) is 0 Å². The van der Waals surface area contributed by atoms with E-state index in [1.165, 1.54) is 6.92 Å². The minimum Gasteiger partial charge on any atom is -0.462 e. The first-order valence-electron chi connectivity index (χ1n) is 7.85. The van der Waals surface area contributed by atoms with Gasteiger partial charge in [0, 0.05) is 12.5 Å². The number of rotatable bonds is 7. The van der Waals surface area contributed by atoms with Crippen molar-refractivity contribution in [2.45, 2.75) is 19.4 Å².